The summed E-state index contributed by atoms with van der Waals surface area (Å²) in [6, 6.07) is 3.59. The molecule has 0 spiro atoms. The predicted molar refractivity (Wildman–Crippen MR) is 77.0 cm³/mol. The van der Waals surface area contributed by atoms with Crippen LogP contribution in [0, 0.1) is 16.2 Å². The van der Waals surface area contributed by atoms with E-state index >= 15 is 0 Å². The number of aromatic nitrogens is 1. The molecule has 0 unspecified atom stereocenters. The third kappa shape index (κ3) is 1.46. The van der Waals surface area contributed by atoms with E-state index in [1.54, 1.807) is 24.5 Å². The lowest BCUT2D eigenvalue weighted by atomic mass is 9.64. The monoisotopic (exact) mass is 274 g/mol. The third-order valence-corrected chi connectivity index (χ3v) is 6.35. The molecule has 2 aliphatic carbocycles. The van der Waals surface area contributed by atoms with E-state index in [0.717, 1.165) is 18.5 Å². The second kappa shape index (κ2) is 4.04. The highest BCUT2D eigenvalue weighted by atomic mass is 16.3. The fourth-order valence-corrected chi connectivity index (χ4v) is 4.32. The lowest BCUT2D eigenvalue weighted by Crippen LogP contribution is -2.43. The predicted octanol–water partition coefficient (Wildman–Crippen LogP) is 2.60. The van der Waals surface area contributed by atoms with Crippen molar-refractivity contribution in [1.29, 1.82) is 0 Å². The molecule has 3 rings (SSSR count). The number of rotatable bonds is 2. The lowest BCUT2D eigenvalue weighted by Gasteiger charge is -2.40. The van der Waals surface area contributed by atoms with E-state index in [2.05, 4.69) is 31.1 Å². The van der Waals surface area contributed by atoms with Gasteiger partial charge in [0.2, 0.25) is 5.91 Å². The van der Waals surface area contributed by atoms with Gasteiger partial charge in [-0.25, -0.2) is 0 Å². The van der Waals surface area contributed by atoms with E-state index in [4.69, 9.17) is 0 Å². The molecule has 0 aromatic carbocycles. The van der Waals surface area contributed by atoms with E-state index < -0.39 is 11.5 Å². The van der Waals surface area contributed by atoms with Crippen molar-refractivity contribution in [2.45, 2.75) is 46.1 Å². The maximum atomic E-state index is 12.9. The zero-order chi connectivity index (χ0) is 14.6. The molecule has 1 aromatic heterocycles. The molecule has 2 N–H and O–H groups in total. The Morgan fingerprint density at radius 3 is 2.45 bits per heavy atom. The molecule has 4 nitrogen and oxygen atoms in total. The number of hydrogen-bond acceptors (Lipinski definition) is 3. The number of anilines is 1. The number of carbonyl (C=O) groups is 1. The van der Waals surface area contributed by atoms with Gasteiger partial charge in [-0.05, 0) is 42.2 Å². The largest absolute Gasteiger partial charge is 0.393 e. The van der Waals surface area contributed by atoms with Crippen LogP contribution in [0.3, 0.4) is 0 Å². The maximum absolute atomic E-state index is 12.9. The zero-order valence-electron chi connectivity index (χ0n) is 12.3. The summed E-state index contributed by atoms with van der Waals surface area (Å²) >= 11 is 0. The van der Waals surface area contributed by atoms with Crippen molar-refractivity contribution in [3.05, 3.63) is 24.5 Å². The number of nitrogens with zero attached hydrogens (tertiary/aromatic N) is 1. The Morgan fingerprint density at radius 2 is 1.95 bits per heavy atom. The number of carbonyl (C=O) groups excluding carboxylic acids is 1. The summed E-state index contributed by atoms with van der Waals surface area (Å²) in [7, 11) is 0. The van der Waals surface area contributed by atoms with Crippen LogP contribution in [-0.2, 0) is 4.79 Å². The van der Waals surface area contributed by atoms with Crippen molar-refractivity contribution in [2.75, 3.05) is 5.32 Å². The van der Waals surface area contributed by atoms with E-state index in [-0.39, 0.29) is 16.7 Å². The first-order valence-electron chi connectivity index (χ1n) is 7.23. The van der Waals surface area contributed by atoms with Crippen molar-refractivity contribution in [1.82, 2.24) is 4.98 Å². The summed E-state index contributed by atoms with van der Waals surface area (Å²) < 4.78 is 0. The summed E-state index contributed by atoms with van der Waals surface area (Å²) in [6.07, 6.45) is 5.26. The molecule has 3 atom stereocenters. The SMILES string of the molecule is CC1(C)[C@@]2(C(=O)Nc3ccncc3)CC[C@@]1(C)[C@@H](O)C2. The molecule has 2 saturated carbocycles. The molecule has 20 heavy (non-hydrogen) atoms. The number of amides is 1. The van der Waals surface area contributed by atoms with Gasteiger partial charge in [0.05, 0.1) is 11.5 Å². The summed E-state index contributed by atoms with van der Waals surface area (Å²) in [4.78, 5) is 16.8. The number of aliphatic hydroxyl groups excluding tert-OH is 1. The van der Waals surface area contributed by atoms with Gasteiger partial charge in [0.1, 0.15) is 0 Å². The standard InChI is InChI=1S/C16H22N2O2/c1-14(2)15(3)6-7-16(14,10-12(15)19)13(20)18-11-4-8-17-9-5-11/h4-5,8-9,12,19H,6-7,10H2,1-3H3,(H,17,18,20)/t12-,15-,16-/m0/s1. The lowest BCUT2D eigenvalue weighted by molar-refractivity contribution is -0.130. The number of pyridine rings is 1. The van der Waals surface area contributed by atoms with Gasteiger partial charge in [-0.1, -0.05) is 20.8 Å². The minimum Gasteiger partial charge on any atom is -0.393 e. The Bertz CT molecular complexity index is 543. The molecule has 0 radical (unpaired) electrons. The van der Waals surface area contributed by atoms with Gasteiger partial charge >= 0.3 is 0 Å². The van der Waals surface area contributed by atoms with Crippen LogP contribution in [0.25, 0.3) is 0 Å². The van der Waals surface area contributed by atoms with E-state index in [0.29, 0.717) is 6.42 Å². The second-order valence-corrected chi connectivity index (χ2v) is 7.03. The topological polar surface area (TPSA) is 62.2 Å². The van der Waals surface area contributed by atoms with Crippen LogP contribution in [0.15, 0.2) is 24.5 Å². The average molecular weight is 274 g/mol. The normalized spacial score (nSPS) is 37.9. The molecule has 0 aliphatic heterocycles. The first kappa shape index (κ1) is 13.6. The number of aliphatic hydroxyl groups is 1. The molecule has 2 aliphatic rings. The Labute approximate surface area is 119 Å². The Morgan fingerprint density at radius 1 is 1.30 bits per heavy atom. The van der Waals surface area contributed by atoms with Crippen LogP contribution >= 0.6 is 0 Å². The van der Waals surface area contributed by atoms with Crippen LogP contribution in [0.5, 0.6) is 0 Å². The second-order valence-electron chi connectivity index (χ2n) is 7.03. The first-order chi connectivity index (χ1) is 9.33. The van der Waals surface area contributed by atoms with Gasteiger partial charge in [0, 0.05) is 18.1 Å². The molecular weight excluding hydrogens is 252 g/mol. The molecule has 0 saturated heterocycles. The molecule has 2 fully saturated rings. The third-order valence-electron chi connectivity index (χ3n) is 6.35. The highest BCUT2D eigenvalue weighted by Crippen LogP contribution is 2.72. The van der Waals surface area contributed by atoms with E-state index in [1.807, 2.05) is 0 Å². The molecular formula is C16H22N2O2. The fourth-order valence-electron chi connectivity index (χ4n) is 4.32. The van der Waals surface area contributed by atoms with Crippen LogP contribution in [0.1, 0.15) is 40.0 Å². The Hall–Kier alpha value is -1.42. The Kier molecular flexibility index (Phi) is 2.74. The van der Waals surface area contributed by atoms with Crippen LogP contribution in [-0.4, -0.2) is 22.1 Å². The molecule has 1 heterocycles. The van der Waals surface area contributed by atoms with Crippen molar-refractivity contribution in [3.63, 3.8) is 0 Å². The highest BCUT2D eigenvalue weighted by Gasteiger charge is 2.72. The van der Waals surface area contributed by atoms with Gasteiger partial charge < -0.3 is 10.4 Å². The van der Waals surface area contributed by atoms with Gasteiger partial charge in [-0.2, -0.15) is 0 Å². The van der Waals surface area contributed by atoms with Crippen molar-refractivity contribution in [3.8, 4) is 0 Å². The average Bonchev–Trinajstić information content (AvgIpc) is 2.70. The van der Waals surface area contributed by atoms with Crippen molar-refractivity contribution >= 4 is 11.6 Å². The van der Waals surface area contributed by atoms with Gasteiger partial charge in [0.15, 0.2) is 0 Å². The number of nitrogens with one attached hydrogen (secondary N) is 1. The maximum Gasteiger partial charge on any atom is 0.231 e. The molecule has 1 aromatic rings. The fraction of sp³-hybridized carbons (Fsp3) is 0.625. The first-order valence-corrected chi connectivity index (χ1v) is 7.23. The summed E-state index contributed by atoms with van der Waals surface area (Å²) in [5.74, 6) is 0.0361. The summed E-state index contributed by atoms with van der Waals surface area (Å²) in [5, 5.41) is 13.4. The quantitative estimate of drug-likeness (QED) is 0.871. The number of hydrogen-bond donors (Lipinski definition) is 2. The van der Waals surface area contributed by atoms with Crippen LogP contribution < -0.4 is 5.32 Å². The summed E-state index contributed by atoms with van der Waals surface area (Å²) in [5.41, 5.74) is -0.0611. The van der Waals surface area contributed by atoms with Crippen molar-refractivity contribution in [2.24, 2.45) is 16.2 Å². The minimum absolute atomic E-state index is 0.0361. The van der Waals surface area contributed by atoms with Crippen LogP contribution in [0.4, 0.5) is 5.69 Å². The minimum atomic E-state index is -0.468. The van der Waals surface area contributed by atoms with Gasteiger partial charge in [-0.3, -0.25) is 9.78 Å². The van der Waals surface area contributed by atoms with E-state index in [9.17, 15) is 9.90 Å². The molecule has 108 valence electrons. The molecule has 1 amide bonds. The number of fused-ring (bicyclic) bond motifs is 2. The smallest absolute Gasteiger partial charge is 0.231 e. The summed E-state index contributed by atoms with van der Waals surface area (Å²) in [6.45, 7) is 6.37. The van der Waals surface area contributed by atoms with Gasteiger partial charge in [0.25, 0.3) is 0 Å². The van der Waals surface area contributed by atoms with E-state index in [1.165, 1.54) is 0 Å². The van der Waals surface area contributed by atoms with Crippen molar-refractivity contribution < 1.29 is 9.90 Å². The molecule has 2 bridgehead atoms. The highest BCUT2D eigenvalue weighted by molar-refractivity contribution is 5.96. The van der Waals surface area contributed by atoms with Gasteiger partial charge in [-0.15, -0.1) is 0 Å². The Balaban J connectivity index is 1.92. The van der Waals surface area contributed by atoms with Crippen LogP contribution in [0.2, 0.25) is 0 Å². The molecule has 4 heteroatoms. The zero-order valence-corrected chi connectivity index (χ0v) is 12.3.